The predicted octanol–water partition coefficient (Wildman–Crippen LogP) is 6.21. The van der Waals surface area contributed by atoms with Gasteiger partial charge in [0.15, 0.2) is 0 Å². The first-order chi connectivity index (χ1) is 15.7. The Hall–Kier alpha value is -2.02. The molecule has 2 aromatic rings. The fourth-order valence-corrected chi connectivity index (χ4v) is 6.90. The third kappa shape index (κ3) is 4.07. The number of benzene rings is 1. The fourth-order valence-electron chi connectivity index (χ4n) is 6.90. The Morgan fingerprint density at radius 1 is 1.24 bits per heavy atom. The Balaban J connectivity index is 1.35. The standard InChI is InChI=1S/C26H33F3N2O2/c1-16-20-15-31(12-10-25(24(32)33)8-3-2-4-9-25)11-7-17(20)13-22-23(16)19-14-18(26(27,28)29)5-6-21(19)30-22/h5-6,14,16-17,20,30H,2-4,7-13,15H2,1H3,(H,32,33). The van der Waals surface area contributed by atoms with Crippen LogP contribution in [0.15, 0.2) is 18.2 Å². The summed E-state index contributed by atoms with van der Waals surface area (Å²) in [4.78, 5) is 17.9. The summed E-state index contributed by atoms with van der Waals surface area (Å²) in [6, 6.07) is 4.03. The third-order valence-corrected chi connectivity index (χ3v) is 8.87. The third-order valence-electron chi connectivity index (χ3n) is 8.87. The summed E-state index contributed by atoms with van der Waals surface area (Å²) in [5.41, 5.74) is 1.76. The molecular formula is C26H33F3N2O2. The molecule has 2 N–H and O–H groups in total. The number of nitrogens with one attached hydrogen (secondary N) is 1. The molecule has 4 nitrogen and oxygen atoms in total. The van der Waals surface area contributed by atoms with Crippen LogP contribution in [0.1, 0.15) is 74.6 Å². The zero-order valence-corrected chi connectivity index (χ0v) is 19.2. The second kappa shape index (κ2) is 8.33. The normalized spacial score (nSPS) is 27.8. The summed E-state index contributed by atoms with van der Waals surface area (Å²) in [5, 5.41) is 10.6. The number of alkyl halides is 3. The first-order valence-electron chi connectivity index (χ1n) is 12.4. The lowest BCUT2D eigenvalue weighted by Gasteiger charge is -2.45. The molecule has 1 aromatic heterocycles. The van der Waals surface area contributed by atoms with Crippen molar-refractivity contribution < 1.29 is 23.1 Å². The van der Waals surface area contributed by atoms with Crippen LogP contribution in [-0.4, -0.2) is 40.6 Å². The van der Waals surface area contributed by atoms with E-state index in [1.807, 2.05) is 0 Å². The van der Waals surface area contributed by atoms with Gasteiger partial charge >= 0.3 is 12.1 Å². The highest BCUT2D eigenvalue weighted by molar-refractivity contribution is 5.86. The molecule has 1 aliphatic heterocycles. The number of aromatic amines is 1. The predicted molar refractivity (Wildman–Crippen MR) is 121 cm³/mol. The Morgan fingerprint density at radius 3 is 2.70 bits per heavy atom. The topological polar surface area (TPSA) is 56.3 Å². The first-order valence-corrected chi connectivity index (χ1v) is 12.4. The van der Waals surface area contributed by atoms with Gasteiger partial charge in [0.05, 0.1) is 11.0 Å². The fraction of sp³-hybridized carbons (Fsp3) is 0.654. The van der Waals surface area contributed by atoms with Gasteiger partial charge in [0.1, 0.15) is 0 Å². The summed E-state index contributed by atoms with van der Waals surface area (Å²) in [6.07, 6.45) is 2.96. The highest BCUT2D eigenvalue weighted by Crippen LogP contribution is 2.47. The van der Waals surface area contributed by atoms with E-state index < -0.39 is 23.1 Å². The number of rotatable bonds is 4. The van der Waals surface area contributed by atoms with Crippen molar-refractivity contribution in [3.05, 3.63) is 35.0 Å². The lowest BCUT2D eigenvalue weighted by molar-refractivity contribution is -0.152. The average Bonchev–Trinajstić information content (AvgIpc) is 3.15. The van der Waals surface area contributed by atoms with Gasteiger partial charge in [-0.3, -0.25) is 4.79 Å². The monoisotopic (exact) mass is 462 g/mol. The number of hydrogen-bond donors (Lipinski definition) is 2. The zero-order valence-electron chi connectivity index (χ0n) is 19.2. The second-order valence-corrected chi connectivity index (χ2v) is 10.7. The molecule has 33 heavy (non-hydrogen) atoms. The van der Waals surface area contributed by atoms with Crippen LogP contribution in [0.25, 0.3) is 10.9 Å². The van der Waals surface area contributed by atoms with Crippen molar-refractivity contribution in [1.82, 2.24) is 9.88 Å². The number of piperidine rings is 1. The molecule has 2 fully saturated rings. The van der Waals surface area contributed by atoms with E-state index in [9.17, 15) is 23.1 Å². The molecule has 5 rings (SSSR count). The van der Waals surface area contributed by atoms with Crippen molar-refractivity contribution in [2.24, 2.45) is 17.3 Å². The minimum Gasteiger partial charge on any atom is -0.481 e. The van der Waals surface area contributed by atoms with Crippen LogP contribution >= 0.6 is 0 Å². The van der Waals surface area contributed by atoms with Crippen molar-refractivity contribution >= 4 is 16.9 Å². The number of likely N-dealkylation sites (tertiary alicyclic amines) is 1. The molecule has 3 aliphatic rings. The van der Waals surface area contributed by atoms with E-state index >= 15 is 0 Å². The second-order valence-electron chi connectivity index (χ2n) is 10.7. The molecule has 1 saturated carbocycles. The number of hydrogen-bond acceptors (Lipinski definition) is 2. The first kappa shape index (κ1) is 22.8. The number of nitrogens with zero attached hydrogens (tertiary/aromatic N) is 1. The van der Waals surface area contributed by atoms with Gasteiger partial charge in [0.2, 0.25) is 0 Å². The van der Waals surface area contributed by atoms with Gasteiger partial charge in [0.25, 0.3) is 0 Å². The molecule has 0 spiro atoms. The van der Waals surface area contributed by atoms with E-state index in [0.29, 0.717) is 23.6 Å². The van der Waals surface area contributed by atoms with Crippen molar-refractivity contribution in [3.8, 4) is 0 Å². The highest BCUT2D eigenvalue weighted by atomic mass is 19.4. The molecule has 180 valence electrons. The van der Waals surface area contributed by atoms with Crippen molar-refractivity contribution in [1.29, 1.82) is 0 Å². The van der Waals surface area contributed by atoms with Crippen molar-refractivity contribution in [3.63, 3.8) is 0 Å². The van der Waals surface area contributed by atoms with Gasteiger partial charge in [-0.25, -0.2) is 0 Å². The van der Waals surface area contributed by atoms with Crippen LogP contribution in [0, 0.1) is 17.3 Å². The summed E-state index contributed by atoms with van der Waals surface area (Å²) in [6.45, 7) is 4.82. The molecule has 0 bridgehead atoms. The highest BCUT2D eigenvalue weighted by Gasteiger charge is 2.43. The molecule has 2 aliphatic carbocycles. The van der Waals surface area contributed by atoms with Crippen molar-refractivity contribution in [2.45, 2.75) is 70.4 Å². The van der Waals surface area contributed by atoms with E-state index in [0.717, 1.165) is 87.4 Å². The Labute approximate surface area is 192 Å². The molecular weight excluding hydrogens is 429 g/mol. The van der Waals surface area contributed by atoms with E-state index in [4.69, 9.17) is 0 Å². The maximum atomic E-state index is 13.3. The van der Waals surface area contributed by atoms with Crippen LogP contribution in [0.3, 0.4) is 0 Å². The zero-order chi connectivity index (χ0) is 23.4. The quantitative estimate of drug-likeness (QED) is 0.568. The van der Waals surface area contributed by atoms with Crippen LogP contribution in [0.5, 0.6) is 0 Å². The van der Waals surface area contributed by atoms with Crippen LogP contribution in [0.2, 0.25) is 0 Å². The van der Waals surface area contributed by atoms with Gasteiger partial charge in [0, 0.05) is 23.1 Å². The molecule has 3 unspecified atom stereocenters. The van der Waals surface area contributed by atoms with E-state index in [2.05, 4.69) is 16.8 Å². The molecule has 3 atom stereocenters. The van der Waals surface area contributed by atoms with Gasteiger partial charge < -0.3 is 15.0 Å². The lowest BCUT2D eigenvalue weighted by Crippen LogP contribution is -2.47. The maximum Gasteiger partial charge on any atom is 0.416 e. The van der Waals surface area contributed by atoms with E-state index in [1.165, 1.54) is 6.07 Å². The number of aliphatic carboxylic acids is 1. The Bertz CT molecular complexity index is 1040. The number of carboxylic acid groups (broad SMARTS) is 1. The number of carbonyl (C=O) groups is 1. The summed E-state index contributed by atoms with van der Waals surface area (Å²) in [5.74, 6) is 0.419. The average molecular weight is 463 g/mol. The number of aromatic nitrogens is 1. The minimum atomic E-state index is -4.35. The van der Waals surface area contributed by atoms with E-state index in [1.54, 1.807) is 6.07 Å². The smallest absolute Gasteiger partial charge is 0.416 e. The lowest BCUT2D eigenvalue weighted by atomic mass is 9.67. The minimum absolute atomic E-state index is 0.168. The molecule has 1 saturated heterocycles. The molecule has 1 aromatic carbocycles. The van der Waals surface area contributed by atoms with E-state index in [-0.39, 0.29) is 5.92 Å². The summed E-state index contributed by atoms with van der Waals surface area (Å²) >= 11 is 0. The molecule has 2 heterocycles. The van der Waals surface area contributed by atoms with Crippen LogP contribution in [-0.2, 0) is 17.4 Å². The number of H-pyrrole nitrogens is 1. The van der Waals surface area contributed by atoms with Gasteiger partial charge in [-0.2, -0.15) is 13.2 Å². The largest absolute Gasteiger partial charge is 0.481 e. The van der Waals surface area contributed by atoms with Crippen LogP contribution in [0.4, 0.5) is 13.2 Å². The Morgan fingerprint density at radius 2 is 2.00 bits per heavy atom. The maximum absolute atomic E-state index is 13.3. The molecule has 0 radical (unpaired) electrons. The van der Waals surface area contributed by atoms with Gasteiger partial charge in [-0.1, -0.05) is 26.2 Å². The summed E-state index contributed by atoms with van der Waals surface area (Å²) in [7, 11) is 0. The Kier molecular flexibility index (Phi) is 5.74. The van der Waals surface area contributed by atoms with Gasteiger partial charge in [-0.05, 0) is 86.7 Å². The summed E-state index contributed by atoms with van der Waals surface area (Å²) < 4.78 is 40.0. The number of halogens is 3. The van der Waals surface area contributed by atoms with Gasteiger partial charge in [-0.15, -0.1) is 0 Å². The number of carboxylic acids is 1. The SMILES string of the molecule is CC1c2c([nH]c3ccc(C(F)(F)F)cc23)CC2CCN(CCC3(C(=O)O)CCCCC3)CC21. The van der Waals surface area contributed by atoms with Crippen molar-refractivity contribution in [2.75, 3.05) is 19.6 Å². The molecule has 0 amide bonds. The molecule has 7 heteroatoms. The number of fused-ring (bicyclic) bond motifs is 4. The van der Waals surface area contributed by atoms with Crippen LogP contribution < -0.4 is 0 Å².